The average molecular weight is 286 g/mol. The van der Waals surface area contributed by atoms with E-state index in [0.717, 1.165) is 23.6 Å². The van der Waals surface area contributed by atoms with Crippen molar-refractivity contribution in [2.24, 2.45) is 0 Å². The molecule has 0 fully saturated rings. The lowest BCUT2D eigenvalue weighted by molar-refractivity contribution is -0.129. The van der Waals surface area contributed by atoms with Gasteiger partial charge in [0.1, 0.15) is 11.6 Å². The Kier molecular flexibility index (Phi) is 3.60. The van der Waals surface area contributed by atoms with Crippen LogP contribution in [-0.2, 0) is 11.2 Å². The van der Waals surface area contributed by atoms with Crippen LogP contribution < -0.4 is 10.1 Å². The first kappa shape index (κ1) is 13.6. The van der Waals surface area contributed by atoms with Gasteiger partial charge >= 0.3 is 0 Å². The molecule has 0 saturated carbocycles. The molecule has 0 radical (unpaired) electrons. The maximum Gasteiger partial charge on any atom is 0.261 e. The highest BCUT2D eigenvalue weighted by atomic mass is 16.5. The number of hydrogen-bond acceptors (Lipinski definition) is 4. The maximum atomic E-state index is 12.3. The topological polar surface area (TPSA) is 79.9 Å². The molecular weight excluding hydrogens is 268 g/mol. The van der Waals surface area contributed by atoms with Gasteiger partial charge < -0.3 is 10.1 Å². The van der Waals surface area contributed by atoms with E-state index in [9.17, 15) is 4.79 Å². The Morgan fingerprint density at radius 1 is 1.48 bits per heavy atom. The number of amides is 1. The van der Waals surface area contributed by atoms with Crippen LogP contribution in [-0.4, -0.2) is 27.2 Å². The van der Waals surface area contributed by atoms with E-state index in [1.165, 1.54) is 0 Å². The fourth-order valence-electron chi connectivity index (χ4n) is 2.43. The molecule has 2 heterocycles. The lowest BCUT2D eigenvalue weighted by atomic mass is 10.0. The molecule has 6 nitrogen and oxygen atoms in total. The highest BCUT2D eigenvalue weighted by Gasteiger charge is 2.27. The van der Waals surface area contributed by atoms with Crippen LogP contribution >= 0.6 is 0 Å². The minimum absolute atomic E-state index is 0.126. The van der Waals surface area contributed by atoms with Gasteiger partial charge in [-0.25, -0.2) is 4.98 Å². The first-order chi connectivity index (χ1) is 10.1. The van der Waals surface area contributed by atoms with Crippen LogP contribution in [0.4, 0.5) is 0 Å². The zero-order valence-electron chi connectivity index (χ0n) is 12.1. The number of carbonyl (C=O) groups is 1. The third kappa shape index (κ3) is 2.89. The Morgan fingerprint density at radius 2 is 2.29 bits per heavy atom. The number of aromatic amines is 1. The number of ether oxygens (including phenoxy) is 1. The first-order valence-corrected chi connectivity index (χ1v) is 7.07. The number of aromatic nitrogens is 3. The van der Waals surface area contributed by atoms with E-state index in [1.807, 2.05) is 38.1 Å². The van der Waals surface area contributed by atoms with Gasteiger partial charge in [-0.3, -0.25) is 9.89 Å². The molecule has 2 aromatic rings. The molecule has 0 aliphatic carbocycles. The maximum absolute atomic E-state index is 12.3. The molecule has 0 spiro atoms. The second-order valence-electron chi connectivity index (χ2n) is 5.26. The number of nitrogens with one attached hydrogen (secondary N) is 2. The van der Waals surface area contributed by atoms with Crippen molar-refractivity contribution in [2.45, 2.75) is 38.8 Å². The summed E-state index contributed by atoms with van der Waals surface area (Å²) in [6.45, 7) is 3.68. The van der Waals surface area contributed by atoms with Gasteiger partial charge in [-0.2, -0.15) is 5.10 Å². The minimum Gasteiger partial charge on any atom is -0.480 e. The number of H-pyrrole nitrogens is 1. The van der Waals surface area contributed by atoms with Crippen molar-refractivity contribution in [1.29, 1.82) is 0 Å². The van der Waals surface area contributed by atoms with Crippen LogP contribution in [0.3, 0.4) is 0 Å². The van der Waals surface area contributed by atoms with E-state index in [-0.39, 0.29) is 11.9 Å². The number of nitrogens with zero attached hydrogens (tertiary/aromatic N) is 2. The van der Waals surface area contributed by atoms with Crippen molar-refractivity contribution in [1.82, 2.24) is 20.5 Å². The number of rotatable bonds is 3. The molecule has 2 N–H and O–H groups in total. The summed E-state index contributed by atoms with van der Waals surface area (Å²) < 4.78 is 5.78. The lowest BCUT2D eigenvalue weighted by Gasteiger charge is -2.26. The molecule has 1 aliphatic heterocycles. The zero-order valence-corrected chi connectivity index (χ0v) is 12.1. The number of fused-ring (bicyclic) bond motifs is 1. The largest absolute Gasteiger partial charge is 0.480 e. The third-order valence-corrected chi connectivity index (χ3v) is 3.57. The molecule has 6 heteroatoms. The van der Waals surface area contributed by atoms with Gasteiger partial charge in [-0.05, 0) is 38.3 Å². The molecule has 0 bridgehead atoms. The fraction of sp³-hybridized carbons (Fsp3) is 0.400. The second-order valence-corrected chi connectivity index (χ2v) is 5.26. The summed E-state index contributed by atoms with van der Waals surface area (Å²) in [5, 5.41) is 9.73. The Morgan fingerprint density at radius 3 is 3.05 bits per heavy atom. The molecule has 1 aromatic carbocycles. The highest BCUT2D eigenvalue weighted by Crippen LogP contribution is 2.27. The van der Waals surface area contributed by atoms with Gasteiger partial charge in [0.2, 0.25) is 0 Å². The summed E-state index contributed by atoms with van der Waals surface area (Å²) >= 11 is 0. The number of hydrogen-bond donors (Lipinski definition) is 2. The fourth-order valence-corrected chi connectivity index (χ4v) is 2.43. The molecule has 0 saturated heterocycles. The molecule has 3 rings (SSSR count). The predicted molar refractivity (Wildman–Crippen MR) is 76.9 cm³/mol. The SMILES string of the molecule is Cc1nc(C(C)NC(=O)C2CCc3ccccc3O2)n[nH]1. The van der Waals surface area contributed by atoms with E-state index >= 15 is 0 Å². The van der Waals surface area contributed by atoms with E-state index in [1.54, 1.807) is 0 Å². The molecule has 2 atom stereocenters. The Labute approximate surface area is 122 Å². The molecule has 1 amide bonds. The van der Waals surface area contributed by atoms with Crippen molar-refractivity contribution in [3.63, 3.8) is 0 Å². The quantitative estimate of drug-likeness (QED) is 0.899. The third-order valence-electron chi connectivity index (χ3n) is 3.57. The average Bonchev–Trinajstić information content (AvgIpc) is 2.93. The Balaban J connectivity index is 1.64. The highest BCUT2D eigenvalue weighted by molar-refractivity contribution is 5.81. The Hall–Kier alpha value is -2.37. The van der Waals surface area contributed by atoms with Gasteiger partial charge in [0.25, 0.3) is 5.91 Å². The van der Waals surface area contributed by atoms with Gasteiger partial charge in [-0.15, -0.1) is 0 Å². The van der Waals surface area contributed by atoms with Crippen LogP contribution in [0.15, 0.2) is 24.3 Å². The summed E-state index contributed by atoms with van der Waals surface area (Å²) in [6, 6.07) is 7.58. The van der Waals surface area contributed by atoms with Crippen LogP contribution in [0.25, 0.3) is 0 Å². The summed E-state index contributed by atoms with van der Waals surface area (Å²) in [5.74, 6) is 1.98. The summed E-state index contributed by atoms with van der Waals surface area (Å²) in [5.41, 5.74) is 1.15. The number of carbonyl (C=O) groups excluding carboxylic acids is 1. The lowest BCUT2D eigenvalue weighted by Crippen LogP contribution is -2.41. The Bertz CT molecular complexity index is 653. The second kappa shape index (κ2) is 5.55. The van der Waals surface area contributed by atoms with E-state index in [2.05, 4.69) is 20.5 Å². The summed E-state index contributed by atoms with van der Waals surface area (Å²) in [7, 11) is 0. The van der Waals surface area contributed by atoms with Crippen LogP contribution in [0.2, 0.25) is 0 Å². The van der Waals surface area contributed by atoms with Gasteiger partial charge in [0.15, 0.2) is 11.9 Å². The molecule has 110 valence electrons. The monoisotopic (exact) mass is 286 g/mol. The summed E-state index contributed by atoms with van der Waals surface area (Å²) in [4.78, 5) is 16.5. The normalized spacial score (nSPS) is 18.5. The van der Waals surface area contributed by atoms with Crippen molar-refractivity contribution in [3.8, 4) is 5.75 Å². The van der Waals surface area contributed by atoms with Crippen molar-refractivity contribution >= 4 is 5.91 Å². The van der Waals surface area contributed by atoms with Gasteiger partial charge in [0, 0.05) is 0 Å². The van der Waals surface area contributed by atoms with E-state index in [0.29, 0.717) is 12.2 Å². The standard InChI is InChI=1S/C15H18N4O2/c1-9(14-17-10(2)18-19-14)16-15(20)13-8-7-11-5-3-4-6-12(11)21-13/h3-6,9,13H,7-8H2,1-2H3,(H,16,20)(H,17,18,19). The van der Waals surface area contributed by atoms with Gasteiger partial charge in [0.05, 0.1) is 6.04 Å². The van der Waals surface area contributed by atoms with Crippen LogP contribution in [0, 0.1) is 6.92 Å². The van der Waals surface area contributed by atoms with Crippen LogP contribution in [0.1, 0.15) is 36.6 Å². The van der Waals surface area contributed by atoms with E-state index in [4.69, 9.17) is 4.74 Å². The van der Waals surface area contributed by atoms with Crippen LogP contribution in [0.5, 0.6) is 5.75 Å². The van der Waals surface area contributed by atoms with Gasteiger partial charge in [-0.1, -0.05) is 18.2 Å². The molecule has 21 heavy (non-hydrogen) atoms. The predicted octanol–water partition coefficient (Wildman–Crippen LogP) is 1.68. The number of para-hydroxylation sites is 1. The smallest absolute Gasteiger partial charge is 0.261 e. The van der Waals surface area contributed by atoms with E-state index < -0.39 is 6.10 Å². The first-order valence-electron chi connectivity index (χ1n) is 7.07. The minimum atomic E-state index is -0.456. The van der Waals surface area contributed by atoms with Crippen molar-refractivity contribution in [2.75, 3.05) is 0 Å². The molecular formula is C15H18N4O2. The number of aryl methyl sites for hydroxylation is 2. The number of benzene rings is 1. The molecule has 1 aromatic heterocycles. The summed E-state index contributed by atoms with van der Waals surface area (Å²) in [6.07, 6.45) is 1.08. The molecule has 2 unspecified atom stereocenters. The zero-order chi connectivity index (χ0) is 14.8. The van der Waals surface area contributed by atoms with Crippen molar-refractivity contribution < 1.29 is 9.53 Å². The van der Waals surface area contributed by atoms with Crippen molar-refractivity contribution in [3.05, 3.63) is 41.5 Å². The molecule has 1 aliphatic rings.